The molecule has 3 heterocycles. The van der Waals surface area contributed by atoms with Crippen molar-refractivity contribution in [1.29, 1.82) is 0 Å². The molecule has 0 bridgehead atoms. The molecule has 0 spiro atoms. The summed E-state index contributed by atoms with van der Waals surface area (Å²) in [5, 5.41) is 9.08. The summed E-state index contributed by atoms with van der Waals surface area (Å²) in [7, 11) is 0. The van der Waals surface area contributed by atoms with E-state index in [4.69, 9.17) is 16.3 Å². The molecule has 1 unspecified atom stereocenters. The van der Waals surface area contributed by atoms with Crippen molar-refractivity contribution in [1.82, 2.24) is 20.1 Å². The molecule has 1 atom stereocenters. The number of anilines is 1. The highest BCUT2D eigenvalue weighted by Crippen LogP contribution is 2.32. The summed E-state index contributed by atoms with van der Waals surface area (Å²) in [5.41, 5.74) is 6.88. The number of benzene rings is 3. The number of allylic oxidation sites excluding steroid dienone is 1. The van der Waals surface area contributed by atoms with Crippen LogP contribution in [-0.4, -0.2) is 79.8 Å². The number of aromatic nitrogens is 1. The van der Waals surface area contributed by atoms with Crippen LogP contribution in [0.2, 0.25) is 5.02 Å². The number of rotatable bonds is 7. The first kappa shape index (κ1) is 34.1. The maximum atomic E-state index is 6.26. The van der Waals surface area contributed by atoms with Gasteiger partial charge in [0.15, 0.2) is 0 Å². The van der Waals surface area contributed by atoms with Gasteiger partial charge in [0, 0.05) is 67.8 Å². The summed E-state index contributed by atoms with van der Waals surface area (Å²) in [6, 6.07) is 25.7. The highest BCUT2D eigenvalue weighted by Gasteiger charge is 2.20. The van der Waals surface area contributed by atoms with Crippen LogP contribution in [0, 0.1) is 6.92 Å². The summed E-state index contributed by atoms with van der Waals surface area (Å²) in [4.78, 5) is 17.9. The zero-order valence-corrected chi connectivity index (χ0v) is 28.5. The molecule has 9 heteroatoms. The van der Waals surface area contributed by atoms with Crippen molar-refractivity contribution in [3.63, 3.8) is 0 Å². The van der Waals surface area contributed by atoms with Crippen molar-refractivity contribution in [2.75, 3.05) is 57.8 Å². The minimum Gasteiger partial charge on any atom is -0.378 e. The van der Waals surface area contributed by atoms with Gasteiger partial charge in [-0.25, -0.2) is 4.99 Å². The van der Waals surface area contributed by atoms with Crippen molar-refractivity contribution in [2.45, 2.75) is 33.4 Å². The first-order chi connectivity index (χ1) is 23.1. The van der Waals surface area contributed by atoms with Gasteiger partial charge in [0.2, 0.25) is 0 Å². The second-order valence-electron chi connectivity index (χ2n) is 11.4. The van der Waals surface area contributed by atoms with Gasteiger partial charge in [-0.15, -0.1) is 0 Å². The lowest BCUT2D eigenvalue weighted by Gasteiger charge is -2.37. The molecule has 1 fully saturated rings. The third-order valence-corrected chi connectivity index (χ3v) is 8.47. The number of nitrogens with one attached hydrogen (secondary N) is 2. The molecule has 47 heavy (non-hydrogen) atoms. The van der Waals surface area contributed by atoms with Gasteiger partial charge in [0.1, 0.15) is 12.2 Å². The normalized spacial score (nSPS) is 17.7. The number of hydrogen-bond acceptors (Lipinski definition) is 8. The predicted molar refractivity (Wildman–Crippen MR) is 197 cm³/mol. The van der Waals surface area contributed by atoms with E-state index in [1.54, 1.807) is 6.34 Å². The molecule has 1 aromatic heterocycles. The topological polar surface area (TPSA) is 77.4 Å². The molecule has 1 saturated heterocycles. The van der Waals surface area contributed by atoms with Gasteiger partial charge in [-0.3, -0.25) is 14.9 Å². The summed E-state index contributed by atoms with van der Waals surface area (Å²) < 4.78 is 5.64. The van der Waals surface area contributed by atoms with Crippen LogP contribution in [0.25, 0.3) is 10.9 Å². The molecule has 2 aliphatic heterocycles. The van der Waals surface area contributed by atoms with E-state index in [9.17, 15) is 0 Å². The van der Waals surface area contributed by atoms with Gasteiger partial charge >= 0.3 is 0 Å². The Morgan fingerprint density at radius 3 is 2.43 bits per heavy atom. The maximum Gasteiger partial charge on any atom is 0.109 e. The van der Waals surface area contributed by atoms with E-state index >= 15 is 0 Å². The Bertz CT molecular complexity index is 1650. The molecular formula is C38H46ClN7O. The largest absolute Gasteiger partial charge is 0.378 e. The van der Waals surface area contributed by atoms with Gasteiger partial charge in [-0.2, -0.15) is 0 Å². The zero-order chi connectivity index (χ0) is 32.8. The van der Waals surface area contributed by atoms with Crippen LogP contribution < -0.4 is 10.6 Å². The lowest BCUT2D eigenvalue weighted by molar-refractivity contribution is 0.131. The predicted octanol–water partition coefficient (Wildman–Crippen LogP) is 7.10. The van der Waals surface area contributed by atoms with Crippen molar-refractivity contribution in [3.8, 4) is 0 Å². The third kappa shape index (κ3) is 9.64. The van der Waals surface area contributed by atoms with Gasteiger partial charge in [0.05, 0.1) is 31.3 Å². The fourth-order valence-corrected chi connectivity index (χ4v) is 5.91. The smallest absolute Gasteiger partial charge is 0.109 e. The standard InChI is InChI=1S/C36H40ClN7O.C2H6/c1-27-2-6-29(7-3-27)36(42-33-12-15-40-34-24-31(37)10-11-32(33)34)30-8-4-28(5-9-30)25-43-18-20-44(21-19-43)35-13-14-38-26-39-16-22-45-23-17-41-35;1-2/h2-15,24,26,36,41H,16-23,25H2,1H3,(H,40,42);1-2H3/b35-13+,38-14?,39-26?;. The average Bonchev–Trinajstić information content (AvgIpc) is 3.10. The van der Waals surface area contributed by atoms with Crippen LogP contribution in [0.15, 0.2) is 101 Å². The molecule has 3 aromatic carbocycles. The van der Waals surface area contributed by atoms with Crippen LogP contribution in [0.3, 0.4) is 0 Å². The number of pyridine rings is 1. The fraction of sp³-hybridized carbons (Fsp3) is 0.342. The molecule has 8 nitrogen and oxygen atoms in total. The highest BCUT2D eigenvalue weighted by molar-refractivity contribution is 6.31. The van der Waals surface area contributed by atoms with E-state index in [1.165, 1.54) is 22.3 Å². The molecule has 0 radical (unpaired) electrons. The summed E-state index contributed by atoms with van der Waals surface area (Å²) in [6.45, 7) is 13.6. The summed E-state index contributed by atoms with van der Waals surface area (Å²) in [6.07, 6.45) is 7.28. The Balaban J connectivity index is 0.00000213. The van der Waals surface area contributed by atoms with E-state index in [-0.39, 0.29) is 6.04 Å². The molecule has 6 rings (SSSR count). The monoisotopic (exact) mass is 651 g/mol. The quantitative estimate of drug-likeness (QED) is 0.222. The van der Waals surface area contributed by atoms with E-state index in [0.29, 0.717) is 24.8 Å². The fourth-order valence-electron chi connectivity index (χ4n) is 5.74. The number of piperazine rings is 1. The molecule has 246 valence electrons. The Morgan fingerprint density at radius 1 is 0.915 bits per heavy atom. The van der Waals surface area contributed by atoms with Gasteiger partial charge in [0.25, 0.3) is 0 Å². The zero-order valence-electron chi connectivity index (χ0n) is 27.7. The summed E-state index contributed by atoms with van der Waals surface area (Å²) in [5.74, 6) is 1.08. The molecule has 0 amide bonds. The maximum absolute atomic E-state index is 6.26. The average molecular weight is 652 g/mol. The van der Waals surface area contributed by atoms with E-state index in [1.807, 2.05) is 56.6 Å². The molecule has 0 aliphatic carbocycles. The molecule has 2 N–H and O–H groups in total. The lowest BCUT2D eigenvalue weighted by atomic mass is 9.96. The third-order valence-electron chi connectivity index (χ3n) is 8.23. The van der Waals surface area contributed by atoms with Crippen molar-refractivity contribution < 1.29 is 4.74 Å². The Morgan fingerprint density at radius 2 is 1.66 bits per heavy atom. The van der Waals surface area contributed by atoms with Crippen LogP contribution >= 0.6 is 11.6 Å². The lowest BCUT2D eigenvalue weighted by Crippen LogP contribution is -2.48. The molecule has 4 aromatic rings. The second-order valence-corrected chi connectivity index (χ2v) is 11.9. The highest BCUT2D eigenvalue weighted by atomic mass is 35.5. The van der Waals surface area contributed by atoms with Gasteiger partial charge in [-0.05, 0) is 54.0 Å². The molecule has 2 aliphatic rings. The number of nitrogens with zero attached hydrogens (tertiary/aromatic N) is 5. The number of aryl methyl sites for hydroxylation is 1. The second kappa shape index (κ2) is 17.6. The summed E-state index contributed by atoms with van der Waals surface area (Å²) >= 11 is 6.26. The van der Waals surface area contributed by atoms with E-state index < -0.39 is 0 Å². The Hall–Kier alpha value is -4.24. The molecule has 0 saturated carbocycles. The number of fused-ring (bicyclic) bond motifs is 1. The number of halogens is 1. The SMILES string of the molecule is CC.Cc1ccc(C(Nc2ccnc3cc(Cl)ccc23)c2ccc(CN3CCN(/C4=C/C=NC=NCCOCCN4)CC3)cc2)cc1. The Labute approximate surface area is 284 Å². The number of aliphatic imine (C=N–C) groups is 2. The van der Waals surface area contributed by atoms with Gasteiger partial charge < -0.3 is 20.3 Å². The van der Waals surface area contributed by atoms with E-state index in [2.05, 4.69) is 90.9 Å². The number of ether oxygens (including phenoxy) is 1. The van der Waals surface area contributed by atoms with Crippen LogP contribution in [0.5, 0.6) is 0 Å². The Kier molecular flexibility index (Phi) is 12.8. The van der Waals surface area contributed by atoms with Crippen molar-refractivity contribution in [3.05, 3.63) is 118 Å². The number of hydrogen-bond donors (Lipinski definition) is 2. The first-order valence-corrected chi connectivity index (χ1v) is 17.0. The van der Waals surface area contributed by atoms with E-state index in [0.717, 1.165) is 61.7 Å². The van der Waals surface area contributed by atoms with Crippen LogP contribution in [-0.2, 0) is 11.3 Å². The van der Waals surface area contributed by atoms with Crippen molar-refractivity contribution in [2.24, 2.45) is 9.98 Å². The first-order valence-electron chi connectivity index (χ1n) is 16.6. The van der Waals surface area contributed by atoms with Crippen LogP contribution in [0.1, 0.15) is 42.1 Å². The minimum atomic E-state index is -0.0172. The van der Waals surface area contributed by atoms with Crippen molar-refractivity contribution >= 4 is 40.7 Å². The van der Waals surface area contributed by atoms with Crippen LogP contribution in [0.4, 0.5) is 5.69 Å². The molecular weight excluding hydrogens is 606 g/mol. The minimum absolute atomic E-state index is 0.0172. The van der Waals surface area contributed by atoms with Gasteiger partial charge in [-0.1, -0.05) is 79.5 Å².